The summed E-state index contributed by atoms with van der Waals surface area (Å²) >= 11 is 1.72. The number of furan rings is 1. The molecule has 0 spiro atoms. The Hall–Kier alpha value is -2.20. The Balaban J connectivity index is 0.000000728. The molecule has 0 aliphatic carbocycles. The van der Waals surface area contributed by atoms with Crippen LogP contribution in [0.2, 0.25) is 0 Å². The van der Waals surface area contributed by atoms with Crippen LogP contribution in [0.1, 0.15) is 11.5 Å². The second-order valence-corrected chi connectivity index (χ2v) is 8.13. The Bertz CT molecular complexity index is 717. The van der Waals surface area contributed by atoms with Gasteiger partial charge in [-0.2, -0.15) is 11.8 Å². The van der Waals surface area contributed by atoms with Crippen molar-refractivity contribution in [2.24, 2.45) is 0 Å². The molecule has 190 valence electrons. The minimum Gasteiger partial charge on any atom is -0.464 e. The van der Waals surface area contributed by atoms with Gasteiger partial charge in [0, 0.05) is 19.3 Å². The van der Waals surface area contributed by atoms with Crippen molar-refractivity contribution in [3.05, 3.63) is 45.8 Å². The van der Waals surface area contributed by atoms with Crippen LogP contribution in [0.3, 0.4) is 0 Å². The van der Waals surface area contributed by atoms with E-state index in [4.69, 9.17) is 29.9 Å². The molecule has 14 heteroatoms. The summed E-state index contributed by atoms with van der Waals surface area (Å²) in [6.07, 6.45) is -5.92. The number of hydrogen-bond donors (Lipinski definition) is 7. The monoisotopic (exact) mass is 494 g/mol. The molecule has 0 radical (unpaired) electrons. The van der Waals surface area contributed by atoms with Crippen molar-refractivity contribution in [2.45, 2.75) is 36.7 Å². The second kappa shape index (κ2) is 17.3. The number of aldehydes is 1. The van der Waals surface area contributed by atoms with Crippen LogP contribution in [-0.4, -0.2) is 106 Å². The number of hydrogen-bond acceptors (Lipinski definition) is 13. The number of aliphatic hydroxyl groups is 5. The zero-order chi connectivity index (χ0) is 25.4. The van der Waals surface area contributed by atoms with Crippen molar-refractivity contribution < 1.29 is 39.7 Å². The predicted octanol–water partition coefficient (Wildman–Crippen LogP) is -1.92. The lowest BCUT2D eigenvalue weighted by molar-refractivity contribution is -0.404. The van der Waals surface area contributed by atoms with Crippen molar-refractivity contribution in [2.75, 3.05) is 40.0 Å². The van der Waals surface area contributed by atoms with Gasteiger partial charge in [0.25, 0.3) is 6.20 Å². The molecule has 0 aliphatic heterocycles. The molecule has 0 bridgehead atoms. The minimum atomic E-state index is -1.79. The largest absolute Gasteiger partial charge is 0.464 e. The second-order valence-electron chi connectivity index (χ2n) is 7.02. The molecule has 0 unspecified atom stereocenters. The van der Waals surface area contributed by atoms with Gasteiger partial charge in [0.2, 0.25) is 0 Å². The average Bonchev–Trinajstić information content (AvgIpc) is 3.22. The first-order valence-electron chi connectivity index (χ1n) is 9.91. The van der Waals surface area contributed by atoms with E-state index >= 15 is 0 Å². The molecular formula is C19H34N4O9S. The van der Waals surface area contributed by atoms with E-state index in [-0.39, 0.29) is 6.29 Å². The highest BCUT2D eigenvalue weighted by molar-refractivity contribution is 7.98. The Morgan fingerprint density at radius 1 is 1.24 bits per heavy atom. The predicted molar refractivity (Wildman–Crippen MR) is 122 cm³/mol. The van der Waals surface area contributed by atoms with Crippen molar-refractivity contribution in [1.82, 2.24) is 15.5 Å². The number of aliphatic hydroxyl groups excluding tert-OH is 5. The molecular weight excluding hydrogens is 460 g/mol. The molecule has 13 nitrogen and oxygen atoms in total. The Morgan fingerprint density at radius 3 is 2.39 bits per heavy atom. The number of carbonyl (C=O) groups excluding carboxylic acids is 1. The van der Waals surface area contributed by atoms with Crippen molar-refractivity contribution >= 4 is 18.0 Å². The topological polar surface area (TPSA) is 202 Å². The summed E-state index contributed by atoms with van der Waals surface area (Å²) in [5, 5.41) is 59.6. The van der Waals surface area contributed by atoms with E-state index in [9.17, 15) is 14.9 Å². The fraction of sp³-hybridized carbons (Fsp3) is 0.632. The molecule has 7 N–H and O–H groups in total. The van der Waals surface area contributed by atoms with Gasteiger partial charge in [0.05, 0.1) is 23.8 Å². The summed E-state index contributed by atoms with van der Waals surface area (Å²) in [4.78, 5) is 21.8. The van der Waals surface area contributed by atoms with Gasteiger partial charge in [-0.25, -0.2) is 0 Å². The third-order valence-electron chi connectivity index (χ3n) is 3.92. The molecule has 33 heavy (non-hydrogen) atoms. The number of carbonyl (C=O) groups is 1. The number of nitrogens with zero attached hydrogens (tertiary/aromatic N) is 2. The van der Waals surface area contributed by atoms with Gasteiger partial charge < -0.3 is 50.3 Å². The molecule has 0 aromatic carbocycles. The quantitative estimate of drug-likeness (QED) is 0.0616. The van der Waals surface area contributed by atoms with Crippen LogP contribution in [-0.2, 0) is 17.1 Å². The van der Waals surface area contributed by atoms with Crippen LogP contribution in [0.5, 0.6) is 0 Å². The molecule has 1 aromatic heterocycles. The van der Waals surface area contributed by atoms with Crippen LogP contribution < -0.4 is 10.6 Å². The summed E-state index contributed by atoms with van der Waals surface area (Å²) in [6.45, 7) is 0.684. The summed E-state index contributed by atoms with van der Waals surface area (Å²) in [7, 11) is 5.64. The number of nitro groups is 1. The molecule has 0 saturated carbocycles. The van der Waals surface area contributed by atoms with E-state index in [1.54, 1.807) is 18.8 Å². The zero-order valence-electron chi connectivity index (χ0n) is 18.8. The molecule has 0 saturated heterocycles. The summed E-state index contributed by atoms with van der Waals surface area (Å²) in [5.41, 5.74) is 0. The van der Waals surface area contributed by atoms with E-state index in [1.165, 1.54) is 0 Å². The maximum Gasteiger partial charge on any atom is 0.274 e. The Labute approximate surface area is 196 Å². The Kier molecular flexibility index (Phi) is 16.1. The molecule has 4 atom stereocenters. The lowest BCUT2D eigenvalue weighted by atomic mass is 10.0. The van der Waals surface area contributed by atoms with Crippen LogP contribution in [0.15, 0.2) is 28.6 Å². The Morgan fingerprint density at radius 2 is 1.88 bits per heavy atom. The highest BCUT2D eigenvalue weighted by atomic mass is 32.2. The first-order chi connectivity index (χ1) is 15.5. The minimum absolute atomic E-state index is 0.0258. The number of thioether (sulfide) groups is 1. The van der Waals surface area contributed by atoms with Crippen molar-refractivity contribution in [3.8, 4) is 0 Å². The lowest BCUT2D eigenvalue weighted by Gasteiger charge is -2.22. The third kappa shape index (κ3) is 13.8. The first-order valence-corrected chi connectivity index (χ1v) is 11.1. The number of rotatable bonds is 15. The van der Waals surface area contributed by atoms with Gasteiger partial charge >= 0.3 is 0 Å². The van der Waals surface area contributed by atoms with Gasteiger partial charge in [0.1, 0.15) is 35.9 Å². The van der Waals surface area contributed by atoms with Gasteiger partial charge in [-0.15, -0.1) is 0 Å². The molecule has 0 aliphatic rings. The summed E-state index contributed by atoms with van der Waals surface area (Å²) < 4.78 is 5.70. The van der Waals surface area contributed by atoms with Gasteiger partial charge in [-0.1, -0.05) is 0 Å². The highest BCUT2D eigenvalue weighted by Crippen LogP contribution is 2.16. The van der Waals surface area contributed by atoms with E-state index in [0.717, 1.165) is 35.8 Å². The van der Waals surface area contributed by atoms with Crippen LogP contribution >= 0.6 is 11.8 Å². The smallest absolute Gasteiger partial charge is 0.274 e. The normalized spacial score (nSPS) is 15.1. The third-order valence-corrected chi connectivity index (χ3v) is 4.90. The molecule has 1 aromatic rings. The SMILES string of the molecule is CN/C(=C/[N+](=O)[O-])NCCSCc1ccc(CN(C)C)o1.O=C[C@H](O)[C@@H](O)[C@H](O)[C@H](O)CO. The molecule has 1 heterocycles. The van der Waals surface area contributed by atoms with Gasteiger partial charge in [-0.3, -0.25) is 10.1 Å². The molecule has 0 amide bonds. The maximum atomic E-state index is 10.3. The van der Waals surface area contributed by atoms with Gasteiger partial charge in [-0.05, 0) is 26.2 Å². The number of nitrogens with one attached hydrogen (secondary N) is 2. The van der Waals surface area contributed by atoms with E-state index in [0.29, 0.717) is 12.4 Å². The van der Waals surface area contributed by atoms with Gasteiger partial charge in [0.15, 0.2) is 12.1 Å². The average molecular weight is 495 g/mol. The standard InChI is InChI=1S/C13H22N4O3S.C6H12O6/c1-14-13(9-17(18)19)15-6-7-21-10-12-5-4-11(20-12)8-16(2)3;7-1-3(9)5(11)6(12)4(10)2-8/h4-5,9,14-15H,6-8,10H2,1-3H3;1,3-6,8-12H,2H2/b13-9-;/t;3-,4+,5+,6+/m.0/s1. The maximum absolute atomic E-state index is 10.3. The molecule has 0 fully saturated rings. The van der Waals surface area contributed by atoms with E-state index in [2.05, 4.69) is 15.5 Å². The van der Waals surface area contributed by atoms with E-state index in [1.807, 2.05) is 26.2 Å². The van der Waals surface area contributed by atoms with Crippen LogP contribution in [0.25, 0.3) is 0 Å². The summed E-state index contributed by atoms with van der Waals surface area (Å²) in [5.74, 6) is 3.95. The van der Waals surface area contributed by atoms with Crippen molar-refractivity contribution in [1.29, 1.82) is 0 Å². The van der Waals surface area contributed by atoms with Crippen LogP contribution in [0, 0.1) is 10.1 Å². The van der Waals surface area contributed by atoms with Crippen LogP contribution in [0.4, 0.5) is 0 Å². The zero-order valence-corrected chi connectivity index (χ0v) is 19.6. The highest BCUT2D eigenvalue weighted by Gasteiger charge is 2.29. The lowest BCUT2D eigenvalue weighted by Crippen LogP contribution is -2.46. The van der Waals surface area contributed by atoms with Crippen molar-refractivity contribution in [3.63, 3.8) is 0 Å². The molecule has 1 rings (SSSR count). The fourth-order valence-corrected chi connectivity index (χ4v) is 3.00. The first kappa shape index (κ1) is 30.8. The van der Waals surface area contributed by atoms with E-state index < -0.39 is 35.9 Å². The fourth-order valence-electron chi connectivity index (χ4n) is 2.25. The summed E-state index contributed by atoms with van der Waals surface area (Å²) in [6, 6.07) is 3.98.